The van der Waals surface area contributed by atoms with Crippen molar-refractivity contribution in [2.24, 2.45) is 29.1 Å². The van der Waals surface area contributed by atoms with Gasteiger partial charge in [-0.15, -0.1) is 0 Å². The molecule has 1 heterocycles. The third-order valence-corrected chi connectivity index (χ3v) is 10.2. The van der Waals surface area contributed by atoms with Crippen LogP contribution in [-0.2, 0) is 23.7 Å². The summed E-state index contributed by atoms with van der Waals surface area (Å²) in [6.45, 7) is 4.27. The van der Waals surface area contributed by atoms with Crippen LogP contribution in [0.25, 0.3) is 0 Å². The Morgan fingerprint density at radius 1 is 1.16 bits per heavy atom. The summed E-state index contributed by atoms with van der Waals surface area (Å²) >= 11 is 0. The highest BCUT2D eigenvalue weighted by Gasteiger charge is 2.87. The summed E-state index contributed by atoms with van der Waals surface area (Å²) in [5.74, 6) is -0.664. The topological polar surface area (TPSA) is 110 Å². The SMILES string of the molecule is CCN[C@@H]1[C@@H]2C[C@@H]3[C@H]4O[C@H]4C[C@H](OC(C)=O)[C@@]31[C@@H]1C[C@@H]3[C@@H](OC)C[C@@]2(O)[C@@]1(O)[C@H]3OC. The Balaban J connectivity index is 1.58. The van der Waals surface area contributed by atoms with E-state index in [1.54, 1.807) is 14.2 Å². The number of ether oxygens (including phenoxy) is 4. The molecule has 5 saturated carbocycles. The van der Waals surface area contributed by atoms with Crippen molar-refractivity contribution < 1.29 is 34.0 Å². The Bertz CT molecular complexity index is 794. The van der Waals surface area contributed by atoms with Crippen molar-refractivity contribution in [1.29, 1.82) is 0 Å². The van der Waals surface area contributed by atoms with E-state index in [4.69, 9.17) is 18.9 Å². The first-order valence-corrected chi connectivity index (χ1v) is 11.8. The quantitative estimate of drug-likeness (QED) is 0.414. The van der Waals surface area contributed by atoms with Crippen LogP contribution in [-0.4, -0.2) is 84.7 Å². The molecule has 5 aliphatic carbocycles. The van der Waals surface area contributed by atoms with Crippen LogP contribution in [0.3, 0.4) is 0 Å². The van der Waals surface area contributed by atoms with Crippen LogP contribution >= 0.6 is 0 Å². The summed E-state index contributed by atoms with van der Waals surface area (Å²) in [6.07, 6.45) is 1.62. The Kier molecular flexibility index (Phi) is 4.31. The average Bonchev–Trinajstić information content (AvgIpc) is 3.34. The van der Waals surface area contributed by atoms with Gasteiger partial charge in [0.15, 0.2) is 0 Å². The molecule has 8 heteroatoms. The number of epoxide rings is 1. The number of aliphatic hydroxyl groups is 2. The number of rotatable bonds is 5. The van der Waals surface area contributed by atoms with Gasteiger partial charge in [0.05, 0.1) is 24.4 Å². The Morgan fingerprint density at radius 2 is 1.94 bits per heavy atom. The molecule has 8 nitrogen and oxygen atoms in total. The van der Waals surface area contributed by atoms with Crippen molar-refractivity contribution in [3.63, 3.8) is 0 Å². The van der Waals surface area contributed by atoms with Gasteiger partial charge in [-0.3, -0.25) is 4.79 Å². The molecule has 0 aromatic rings. The predicted octanol–water partition coefficient (Wildman–Crippen LogP) is 0.235. The highest BCUT2D eigenvalue weighted by Crippen LogP contribution is 2.77. The van der Waals surface area contributed by atoms with Gasteiger partial charge >= 0.3 is 5.97 Å². The lowest BCUT2D eigenvalue weighted by atomic mass is 9.47. The molecular formula is C23H35NO7. The molecule has 6 fully saturated rings. The monoisotopic (exact) mass is 437 g/mol. The molecule has 0 aromatic carbocycles. The molecule has 174 valence electrons. The maximum absolute atomic E-state index is 12.4. The second kappa shape index (κ2) is 6.42. The smallest absolute Gasteiger partial charge is 0.302 e. The van der Waals surface area contributed by atoms with E-state index < -0.39 is 22.7 Å². The van der Waals surface area contributed by atoms with E-state index in [-0.39, 0.29) is 60.1 Å². The first-order valence-electron chi connectivity index (χ1n) is 11.8. The fourth-order valence-corrected chi connectivity index (χ4v) is 9.49. The standard InChI is InChI=1S/C23H35NO7/c1-5-24-19-13-7-12-18-14(31-18)8-17(30-10(2)25)22(12,19)16-6-11-15(28-3)9-21(13,26)23(16,27)20(11)29-4/h11-20,24,26-27H,5-9H2,1-4H3/t11-,12-,13+,14+,15+,16+,17+,18-,19-,20+,21+,22+,23+/m1/s1. The summed E-state index contributed by atoms with van der Waals surface area (Å²) in [6, 6.07) is -0.0702. The Labute approximate surface area is 182 Å². The number of esters is 1. The van der Waals surface area contributed by atoms with E-state index in [1.807, 2.05) is 0 Å². The van der Waals surface area contributed by atoms with Crippen molar-refractivity contribution >= 4 is 5.97 Å². The van der Waals surface area contributed by atoms with Crippen LogP contribution in [0.4, 0.5) is 0 Å². The summed E-state index contributed by atoms with van der Waals surface area (Å²) in [5.41, 5.74) is -3.25. The molecule has 4 bridgehead atoms. The lowest BCUT2D eigenvalue weighted by Crippen LogP contribution is -2.80. The fraction of sp³-hybridized carbons (Fsp3) is 0.957. The third kappa shape index (κ3) is 2.16. The molecule has 1 spiro atoms. The zero-order chi connectivity index (χ0) is 21.9. The van der Waals surface area contributed by atoms with Gasteiger partial charge in [0.25, 0.3) is 0 Å². The minimum atomic E-state index is -1.41. The zero-order valence-corrected chi connectivity index (χ0v) is 18.7. The van der Waals surface area contributed by atoms with Crippen molar-refractivity contribution in [1.82, 2.24) is 5.32 Å². The van der Waals surface area contributed by atoms with E-state index in [1.165, 1.54) is 6.92 Å². The van der Waals surface area contributed by atoms with Gasteiger partial charge in [-0.25, -0.2) is 0 Å². The lowest BCUT2D eigenvalue weighted by Gasteiger charge is -2.64. The predicted molar refractivity (Wildman–Crippen MR) is 108 cm³/mol. The minimum Gasteiger partial charge on any atom is -0.462 e. The number of nitrogens with one attached hydrogen (secondary N) is 1. The third-order valence-electron chi connectivity index (χ3n) is 10.2. The van der Waals surface area contributed by atoms with E-state index in [0.717, 1.165) is 13.0 Å². The maximum Gasteiger partial charge on any atom is 0.302 e. The van der Waals surface area contributed by atoms with Crippen LogP contribution in [0.5, 0.6) is 0 Å². The molecule has 13 atom stereocenters. The number of carbonyl (C=O) groups is 1. The molecule has 3 N–H and O–H groups in total. The first-order chi connectivity index (χ1) is 14.8. The lowest BCUT2D eigenvalue weighted by molar-refractivity contribution is -0.311. The maximum atomic E-state index is 12.4. The Hall–Kier alpha value is -0.770. The molecule has 0 radical (unpaired) electrons. The van der Waals surface area contributed by atoms with Crippen molar-refractivity contribution in [3.05, 3.63) is 0 Å². The number of methoxy groups -OCH3 is 2. The van der Waals surface area contributed by atoms with E-state index >= 15 is 0 Å². The summed E-state index contributed by atoms with van der Waals surface area (Å²) < 4.78 is 23.9. The van der Waals surface area contributed by atoms with Crippen LogP contribution in [0, 0.1) is 29.1 Å². The number of hydrogen-bond acceptors (Lipinski definition) is 8. The van der Waals surface area contributed by atoms with Crippen LogP contribution in [0.2, 0.25) is 0 Å². The van der Waals surface area contributed by atoms with Crippen LogP contribution in [0.1, 0.15) is 39.5 Å². The van der Waals surface area contributed by atoms with Crippen molar-refractivity contribution in [3.8, 4) is 0 Å². The summed E-state index contributed by atoms with van der Waals surface area (Å²) in [5, 5.41) is 28.5. The van der Waals surface area contributed by atoms with Gasteiger partial charge in [0.2, 0.25) is 0 Å². The van der Waals surface area contributed by atoms with Gasteiger partial charge in [-0.1, -0.05) is 6.92 Å². The van der Waals surface area contributed by atoms with Gasteiger partial charge in [0.1, 0.15) is 17.3 Å². The zero-order valence-electron chi connectivity index (χ0n) is 18.7. The normalized spacial score (nSPS) is 60.3. The number of carbonyl (C=O) groups excluding carboxylic acids is 1. The van der Waals surface area contributed by atoms with E-state index in [9.17, 15) is 15.0 Å². The van der Waals surface area contributed by atoms with E-state index in [2.05, 4.69) is 12.2 Å². The summed E-state index contributed by atoms with van der Waals surface area (Å²) in [7, 11) is 3.30. The van der Waals surface area contributed by atoms with Crippen LogP contribution < -0.4 is 5.32 Å². The minimum absolute atomic E-state index is 0.0160. The Morgan fingerprint density at radius 3 is 2.58 bits per heavy atom. The molecule has 1 aliphatic heterocycles. The second-order valence-corrected chi connectivity index (χ2v) is 10.8. The highest BCUT2D eigenvalue weighted by molar-refractivity contribution is 5.66. The van der Waals surface area contributed by atoms with Crippen LogP contribution in [0.15, 0.2) is 0 Å². The van der Waals surface area contributed by atoms with Gasteiger partial charge in [-0.2, -0.15) is 0 Å². The molecule has 31 heavy (non-hydrogen) atoms. The molecule has 1 saturated heterocycles. The second-order valence-electron chi connectivity index (χ2n) is 10.8. The molecule has 0 amide bonds. The van der Waals surface area contributed by atoms with Gasteiger partial charge in [-0.05, 0) is 25.3 Å². The molecule has 6 aliphatic rings. The van der Waals surface area contributed by atoms with Crippen molar-refractivity contribution in [2.45, 2.75) is 87.3 Å². The number of hydrogen-bond donors (Lipinski definition) is 3. The first kappa shape index (κ1) is 20.8. The average molecular weight is 438 g/mol. The largest absolute Gasteiger partial charge is 0.462 e. The molecule has 0 unspecified atom stereocenters. The fourth-order valence-electron chi connectivity index (χ4n) is 9.49. The van der Waals surface area contributed by atoms with Gasteiger partial charge < -0.3 is 34.5 Å². The summed E-state index contributed by atoms with van der Waals surface area (Å²) in [4.78, 5) is 12.2. The molecule has 6 rings (SSSR count). The van der Waals surface area contributed by atoms with Crippen molar-refractivity contribution in [2.75, 3.05) is 20.8 Å². The van der Waals surface area contributed by atoms with E-state index in [0.29, 0.717) is 19.3 Å². The molecular weight excluding hydrogens is 402 g/mol. The number of fused-ring (bicyclic) bond motifs is 5. The highest BCUT2D eigenvalue weighted by atomic mass is 16.6. The molecule has 0 aromatic heterocycles. The van der Waals surface area contributed by atoms with Gasteiger partial charge in [0, 0.05) is 63.2 Å².